The van der Waals surface area contributed by atoms with Gasteiger partial charge in [0.1, 0.15) is 6.54 Å². The predicted octanol–water partition coefficient (Wildman–Crippen LogP) is 3.02. The van der Waals surface area contributed by atoms with E-state index in [9.17, 15) is 14.4 Å². The molecular weight excluding hydrogens is 392 g/mol. The maximum atomic E-state index is 12.6. The highest BCUT2D eigenvalue weighted by Gasteiger charge is 2.37. The number of hydrogen-bond donors (Lipinski definition) is 0. The Hall–Kier alpha value is -2.19. The van der Waals surface area contributed by atoms with E-state index in [0.717, 1.165) is 29.5 Å². The van der Waals surface area contributed by atoms with Crippen LogP contribution in [0.2, 0.25) is 5.02 Å². The van der Waals surface area contributed by atoms with Crippen LogP contribution in [0.1, 0.15) is 18.4 Å². The molecule has 2 aliphatic rings. The van der Waals surface area contributed by atoms with Gasteiger partial charge in [-0.15, -0.1) is 0 Å². The van der Waals surface area contributed by atoms with Crippen molar-refractivity contribution < 1.29 is 23.9 Å². The first-order chi connectivity index (χ1) is 12.9. The third-order valence-electron chi connectivity index (χ3n) is 4.42. The minimum atomic E-state index is -0.497. The highest BCUT2D eigenvalue weighted by molar-refractivity contribution is 8.18. The van der Waals surface area contributed by atoms with Gasteiger partial charge >= 0.3 is 0 Å². The summed E-state index contributed by atoms with van der Waals surface area (Å²) in [6, 6.07) is 3.21. The van der Waals surface area contributed by atoms with Gasteiger partial charge in [-0.25, -0.2) is 0 Å². The van der Waals surface area contributed by atoms with Crippen LogP contribution in [0.25, 0.3) is 6.08 Å². The average Bonchev–Trinajstić information content (AvgIpc) is 3.28. The van der Waals surface area contributed by atoms with Crippen molar-refractivity contribution in [1.29, 1.82) is 0 Å². The van der Waals surface area contributed by atoms with Crippen molar-refractivity contribution in [3.05, 3.63) is 27.6 Å². The summed E-state index contributed by atoms with van der Waals surface area (Å²) in [4.78, 5) is 40.0. The number of carbonyl (C=O) groups excluding carboxylic acids is 3. The number of ether oxygens (including phenoxy) is 2. The number of hydrogen-bond acceptors (Lipinski definition) is 6. The minimum absolute atomic E-state index is 0.208. The fourth-order valence-corrected chi connectivity index (χ4v) is 4.00. The van der Waals surface area contributed by atoms with Gasteiger partial charge < -0.3 is 14.4 Å². The maximum absolute atomic E-state index is 12.6. The van der Waals surface area contributed by atoms with E-state index in [-0.39, 0.29) is 17.4 Å². The van der Waals surface area contributed by atoms with E-state index in [4.69, 9.17) is 21.1 Å². The lowest BCUT2D eigenvalue weighted by Crippen LogP contribution is -2.40. The van der Waals surface area contributed by atoms with Gasteiger partial charge in [-0.05, 0) is 42.3 Å². The molecule has 27 heavy (non-hydrogen) atoms. The fraction of sp³-hybridized carbons (Fsp3) is 0.389. The second-order valence-corrected chi connectivity index (χ2v) is 7.48. The van der Waals surface area contributed by atoms with Crippen LogP contribution >= 0.6 is 23.4 Å². The van der Waals surface area contributed by atoms with E-state index in [1.54, 1.807) is 17.0 Å². The Morgan fingerprint density at radius 2 is 1.81 bits per heavy atom. The van der Waals surface area contributed by atoms with Gasteiger partial charge in [0.05, 0.1) is 24.1 Å². The first-order valence-corrected chi connectivity index (χ1v) is 9.58. The Morgan fingerprint density at radius 1 is 1.19 bits per heavy atom. The second-order valence-electron chi connectivity index (χ2n) is 6.08. The van der Waals surface area contributed by atoms with E-state index >= 15 is 0 Å². The fourth-order valence-electron chi connectivity index (χ4n) is 2.96. The van der Waals surface area contributed by atoms with Crippen LogP contribution in [0.5, 0.6) is 11.5 Å². The number of rotatable bonds is 5. The van der Waals surface area contributed by atoms with Crippen molar-refractivity contribution >= 4 is 46.5 Å². The second kappa shape index (κ2) is 8.22. The van der Waals surface area contributed by atoms with Gasteiger partial charge in [-0.2, -0.15) is 0 Å². The first-order valence-electron chi connectivity index (χ1n) is 8.39. The number of carbonyl (C=O) groups is 3. The summed E-state index contributed by atoms with van der Waals surface area (Å²) in [5.74, 6) is 0.212. The van der Waals surface area contributed by atoms with Crippen molar-refractivity contribution in [1.82, 2.24) is 9.80 Å². The molecule has 0 radical (unpaired) electrons. The molecule has 0 aromatic heterocycles. The standard InChI is InChI=1S/C18H19ClN2O5S/c1-25-13-7-11(12(19)9-14(13)26-2)8-15-17(23)21(18(24)27-15)10-16(22)20-5-3-4-6-20/h7-9H,3-6,10H2,1-2H3. The highest BCUT2D eigenvalue weighted by atomic mass is 35.5. The molecule has 0 atom stereocenters. The molecule has 0 N–H and O–H groups in total. The molecule has 0 unspecified atom stereocenters. The normalized spacial score (nSPS) is 18.6. The monoisotopic (exact) mass is 410 g/mol. The quantitative estimate of drug-likeness (QED) is 0.694. The molecule has 144 valence electrons. The van der Waals surface area contributed by atoms with Crippen LogP contribution in [0.3, 0.4) is 0 Å². The number of thioether (sulfide) groups is 1. The molecule has 1 aromatic rings. The summed E-state index contributed by atoms with van der Waals surface area (Å²) < 4.78 is 10.4. The Labute approximate surface area is 166 Å². The van der Waals surface area contributed by atoms with Crippen LogP contribution in [-0.2, 0) is 9.59 Å². The Morgan fingerprint density at radius 3 is 2.44 bits per heavy atom. The van der Waals surface area contributed by atoms with Crippen molar-refractivity contribution in [2.75, 3.05) is 33.9 Å². The topological polar surface area (TPSA) is 76.2 Å². The molecule has 3 rings (SSSR count). The van der Waals surface area contributed by atoms with E-state index in [1.807, 2.05) is 0 Å². The zero-order chi connectivity index (χ0) is 19.6. The number of nitrogens with zero attached hydrogens (tertiary/aromatic N) is 2. The number of imide groups is 1. The number of likely N-dealkylation sites (tertiary alicyclic amines) is 1. The molecule has 2 aliphatic heterocycles. The molecule has 0 saturated carbocycles. The summed E-state index contributed by atoms with van der Waals surface area (Å²) in [6.45, 7) is 1.11. The van der Waals surface area contributed by atoms with Gasteiger partial charge in [0.25, 0.3) is 11.1 Å². The average molecular weight is 411 g/mol. The lowest BCUT2D eigenvalue weighted by molar-refractivity contribution is -0.135. The first kappa shape index (κ1) is 19.6. The number of amides is 3. The summed E-state index contributed by atoms with van der Waals surface area (Å²) in [5.41, 5.74) is 0.519. The van der Waals surface area contributed by atoms with Crippen LogP contribution in [-0.4, -0.2) is 60.7 Å². The molecule has 7 nitrogen and oxygen atoms in total. The van der Waals surface area contributed by atoms with Crippen molar-refractivity contribution in [3.63, 3.8) is 0 Å². The van der Waals surface area contributed by atoms with Crippen LogP contribution in [0.4, 0.5) is 4.79 Å². The highest BCUT2D eigenvalue weighted by Crippen LogP contribution is 2.37. The maximum Gasteiger partial charge on any atom is 0.294 e. The Balaban J connectivity index is 1.81. The predicted molar refractivity (Wildman–Crippen MR) is 103 cm³/mol. The number of benzene rings is 1. The number of halogens is 1. The van der Waals surface area contributed by atoms with Crippen molar-refractivity contribution in [2.45, 2.75) is 12.8 Å². The molecule has 2 heterocycles. The molecule has 2 fully saturated rings. The van der Waals surface area contributed by atoms with Crippen molar-refractivity contribution in [2.24, 2.45) is 0 Å². The zero-order valence-corrected chi connectivity index (χ0v) is 16.6. The Kier molecular flexibility index (Phi) is 5.96. The third-order valence-corrected chi connectivity index (χ3v) is 5.65. The van der Waals surface area contributed by atoms with Crippen LogP contribution in [0, 0.1) is 0 Å². The third kappa shape index (κ3) is 4.06. The molecule has 1 aromatic carbocycles. The SMILES string of the molecule is COc1cc(Cl)c(C=C2SC(=O)N(CC(=O)N3CCCC3)C2=O)cc1OC. The molecular formula is C18H19ClN2O5S. The van der Waals surface area contributed by atoms with Crippen molar-refractivity contribution in [3.8, 4) is 11.5 Å². The van der Waals surface area contributed by atoms with Gasteiger partial charge in [0.15, 0.2) is 11.5 Å². The molecule has 0 aliphatic carbocycles. The molecule has 0 bridgehead atoms. The summed E-state index contributed by atoms with van der Waals surface area (Å²) in [5, 5.41) is -0.108. The largest absolute Gasteiger partial charge is 0.493 e. The summed E-state index contributed by atoms with van der Waals surface area (Å²) in [7, 11) is 2.99. The van der Waals surface area contributed by atoms with E-state index in [0.29, 0.717) is 35.2 Å². The smallest absolute Gasteiger partial charge is 0.294 e. The Bertz CT molecular complexity index is 820. The van der Waals surface area contributed by atoms with Crippen LogP contribution in [0.15, 0.2) is 17.0 Å². The molecule has 3 amide bonds. The van der Waals surface area contributed by atoms with E-state index in [2.05, 4.69) is 0 Å². The molecule has 9 heteroatoms. The summed E-state index contributed by atoms with van der Waals surface area (Å²) >= 11 is 7.04. The van der Waals surface area contributed by atoms with E-state index in [1.165, 1.54) is 20.3 Å². The molecule has 2 saturated heterocycles. The van der Waals surface area contributed by atoms with Gasteiger partial charge in [0, 0.05) is 19.2 Å². The van der Waals surface area contributed by atoms with Crippen LogP contribution < -0.4 is 9.47 Å². The lowest BCUT2D eigenvalue weighted by atomic mass is 10.1. The van der Waals surface area contributed by atoms with E-state index < -0.39 is 11.1 Å². The molecule has 0 spiro atoms. The zero-order valence-electron chi connectivity index (χ0n) is 15.0. The minimum Gasteiger partial charge on any atom is -0.493 e. The van der Waals surface area contributed by atoms with Gasteiger partial charge in [-0.1, -0.05) is 11.6 Å². The van der Waals surface area contributed by atoms with Gasteiger partial charge in [0.2, 0.25) is 5.91 Å². The lowest BCUT2D eigenvalue weighted by Gasteiger charge is -2.18. The number of methoxy groups -OCH3 is 2. The summed E-state index contributed by atoms with van der Waals surface area (Å²) in [6.07, 6.45) is 3.42. The van der Waals surface area contributed by atoms with Gasteiger partial charge in [-0.3, -0.25) is 19.3 Å².